The maximum atomic E-state index is 14.1. The van der Waals surface area contributed by atoms with E-state index in [1.165, 1.54) is 6.07 Å². The molecular weight excluding hydrogens is 460 g/mol. The van der Waals surface area contributed by atoms with Crippen molar-refractivity contribution in [3.63, 3.8) is 0 Å². The van der Waals surface area contributed by atoms with Crippen LogP contribution in [-0.4, -0.2) is 37.0 Å². The monoisotopic (exact) mass is 483 g/mol. The summed E-state index contributed by atoms with van der Waals surface area (Å²) in [5.41, 5.74) is 1.18. The highest BCUT2D eigenvalue weighted by atomic mass is 127. The van der Waals surface area contributed by atoms with Crippen molar-refractivity contribution in [3.05, 3.63) is 60.2 Å². The first-order valence-corrected chi connectivity index (χ1v) is 8.52. The first kappa shape index (κ1) is 21.1. The van der Waals surface area contributed by atoms with E-state index in [1.54, 1.807) is 37.6 Å². The Morgan fingerprint density at radius 3 is 2.63 bits per heavy atom. The number of nitrogens with one attached hydrogen (secondary N) is 3. The second-order valence-electron chi connectivity index (χ2n) is 6.33. The molecule has 8 heteroatoms. The number of carbonyl (C=O) groups excluding carboxylic acids is 1. The Kier molecular flexibility index (Phi) is 7.52. The molecule has 0 saturated heterocycles. The summed E-state index contributed by atoms with van der Waals surface area (Å²) in [5, 5.41) is 8.91. The molecule has 1 aromatic carbocycles. The summed E-state index contributed by atoms with van der Waals surface area (Å²) in [6.07, 6.45) is 5.08. The largest absolute Gasteiger partial charge is 0.356 e. The van der Waals surface area contributed by atoms with Crippen LogP contribution in [0, 0.1) is 5.82 Å². The molecule has 1 heterocycles. The van der Waals surface area contributed by atoms with E-state index in [0.29, 0.717) is 18.2 Å². The third-order valence-corrected chi connectivity index (χ3v) is 4.48. The van der Waals surface area contributed by atoms with Crippen molar-refractivity contribution in [1.29, 1.82) is 0 Å². The molecule has 0 unspecified atom stereocenters. The summed E-state index contributed by atoms with van der Waals surface area (Å²) < 4.78 is 14.1. The lowest BCUT2D eigenvalue weighted by molar-refractivity contribution is -0.115. The van der Waals surface area contributed by atoms with Gasteiger partial charge in [-0.2, -0.15) is 0 Å². The maximum absolute atomic E-state index is 14.1. The standard InChI is InChI=1S/C19H22FN5O.HI/c1-21-18(23-12-17(26)25-14-5-4-10-22-11-14)24-13-19(8-9-19)15-6-2-3-7-16(15)20;/h2-7,10-11H,8-9,12-13H2,1H3,(H,25,26)(H2,21,23,24);1H. The first-order chi connectivity index (χ1) is 12.6. The molecule has 1 aliphatic carbocycles. The number of rotatable bonds is 6. The van der Waals surface area contributed by atoms with E-state index >= 15 is 0 Å². The highest BCUT2D eigenvalue weighted by Crippen LogP contribution is 2.48. The average molecular weight is 483 g/mol. The number of benzene rings is 1. The number of hydrogen-bond donors (Lipinski definition) is 3. The number of aliphatic imine (C=N–C) groups is 1. The fourth-order valence-corrected chi connectivity index (χ4v) is 2.86. The highest BCUT2D eigenvalue weighted by molar-refractivity contribution is 14.0. The van der Waals surface area contributed by atoms with E-state index < -0.39 is 0 Å². The smallest absolute Gasteiger partial charge is 0.243 e. The molecule has 0 atom stereocenters. The van der Waals surface area contributed by atoms with Crippen molar-refractivity contribution in [1.82, 2.24) is 15.6 Å². The SMILES string of the molecule is CN=C(NCC(=O)Nc1cccnc1)NCC1(c2ccccc2F)CC1.I. The topological polar surface area (TPSA) is 78.4 Å². The predicted octanol–water partition coefficient (Wildman–Crippen LogP) is 2.67. The second-order valence-corrected chi connectivity index (χ2v) is 6.33. The minimum absolute atomic E-state index is 0. The second kappa shape index (κ2) is 9.63. The average Bonchev–Trinajstić information content (AvgIpc) is 3.44. The van der Waals surface area contributed by atoms with Crippen molar-refractivity contribution in [2.45, 2.75) is 18.3 Å². The lowest BCUT2D eigenvalue weighted by Crippen LogP contribution is -2.44. The maximum Gasteiger partial charge on any atom is 0.243 e. The van der Waals surface area contributed by atoms with Gasteiger partial charge in [-0.1, -0.05) is 18.2 Å². The number of hydrogen-bond acceptors (Lipinski definition) is 3. The number of pyridine rings is 1. The molecule has 1 amide bonds. The molecule has 1 aliphatic rings. The zero-order valence-electron chi connectivity index (χ0n) is 15.0. The predicted molar refractivity (Wildman–Crippen MR) is 115 cm³/mol. The quantitative estimate of drug-likeness (QED) is 0.336. The van der Waals surface area contributed by atoms with Gasteiger partial charge in [0.1, 0.15) is 5.82 Å². The fourth-order valence-electron chi connectivity index (χ4n) is 2.86. The normalized spacial score (nSPS) is 14.7. The highest BCUT2D eigenvalue weighted by Gasteiger charge is 2.45. The van der Waals surface area contributed by atoms with Gasteiger partial charge in [0.05, 0.1) is 18.4 Å². The van der Waals surface area contributed by atoms with Crippen LogP contribution in [0.2, 0.25) is 0 Å². The minimum atomic E-state index is -0.198. The van der Waals surface area contributed by atoms with Gasteiger partial charge in [-0.05, 0) is 36.6 Å². The van der Waals surface area contributed by atoms with Crippen molar-refractivity contribution in [2.24, 2.45) is 4.99 Å². The van der Waals surface area contributed by atoms with Crippen LogP contribution >= 0.6 is 24.0 Å². The number of guanidine groups is 1. The number of anilines is 1. The molecule has 0 bridgehead atoms. The molecule has 144 valence electrons. The Hall–Kier alpha value is -2.23. The molecule has 1 saturated carbocycles. The van der Waals surface area contributed by atoms with E-state index in [-0.39, 0.29) is 47.7 Å². The van der Waals surface area contributed by atoms with Crippen LogP contribution < -0.4 is 16.0 Å². The first-order valence-electron chi connectivity index (χ1n) is 8.52. The lowest BCUT2D eigenvalue weighted by Gasteiger charge is -2.19. The molecule has 3 rings (SSSR count). The van der Waals surface area contributed by atoms with Gasteiger partial charge in [0.15, 0.2) is 5.96 Å². The Morgan fingerprint density at radius 2 is 2.00 bits per heavy atom. The summed E-state index contributed by atoms with van der Waals surface area (Å²) in [6, 6.07) is 10.4. The summed E-state index contributed by atoms with van der Waals surface area (Å²) in [7, 11) is 1.64. The summed E-state index contributed by atoms with van der Waals surface area (Å²) in [5.74, 6) is 0.135. The van der Waals surface area contributed by atoms with Crippen molar-refractivity contribution in [2.75, 3.05) is 25.5 Å². The van der Waals surface area contributed by atoms with Crippen LogP contribution in [0.15, 0.2) is 53.8 Å². The van der Waals surface area contributed by atoms with Gasteiger partial charge >= 0.3 is 0 Å². The third kappa shape index (κ3) is 5.62. The Bertz CT molecular complexity index is 796. The summed E-state index contributed by atoms with van der Waals surface area (Å²) in [4.78, 5) is 20.0. The molecule has 0 spiro atoms. The Labute approximate surface area is 175 Å². The number of aromatic nitrogens is 1. The minimum Gasteiger partial charge on any atom is -0.356 e. The zero-order chi connectivity index (χ0) is 18.4. The molecule has 1 aromatic heterocycles. The van der Waals surface area contributed by atoms with Crippen LogP contribution in [0.25, 0.3) is 0 Å². The van der Waals surface area contributed by atoms with Gasteiger partial charge in [0, 0.05) is 25.2 Å². The Balaban J connectivity index is 0.00000261. The van der Waals surface area contributed by atoms with E-state index in [1.807, 2.05) is 12.1 Å². The number of amides is 1. The molecule has 0 radical (unpaired) electrons. The number of carbonyl (C=O) groups is 1. The van der Waals surface area contributed by atoms with E-state index in [9.17, 15) is 9.18 Å². The van der Waals surface area contributed by atoms with Gasteiger partial charge in [0.2, 0.25) is 5.91 Å². The molecule has 27 heavy (non-hydrogen) atoms. The molecule has 6 nitrogen and oxygen atoms in total. The molecule has 2 aromatic rings. The molecule has 0 aliphatic heterocycles. The number of nitrogens with zero attached hydrogens (tertiary/aromatic N) is 2. The van der Waals surface area contributed by atoms with Crippen LogP contribution in [-0.2, 0) is 10.2 Å². The fraction of sp³-hybridized carbons (Fsp3) is 0.316. The van der Waals surface area contributed by atoms with E-state index in [4.69, 9.17) is 0 Å². The molecular formula is C19H23FIN5O. The van der Waals surface area contributed by atoms with Gasteiger partial charge in [-0.15, -0.1) is 24.0 Å². The van der Waals surface area contributed by atoms with Gasteiger partial charge in [-0.3, -0.25) is 14.8 Å². The van der Waals surface area contributed by atoms with Gasteiger partial charge in [0.25, 0.3) is 0 Å². The van der Waals surface area contributed by atoms with Crippen molar-refractivity contribution >= 4 is 41.5 Å². The zero-order valence-corrected chi connectivity index (χ0v) is 17.4. The lowest BCUT2D eigenvalue weighted by atomic mass is 9.95. The van der Waals surface area contributed by atoms with Crippen molar-refractivity contribution < 1.29 is 9.18 Å². The number of halogens is 2. The molecule has 1 fully saturated rings. The van der Waals surface area contributed by atoms with Crippen molar-refractivity contribution in [3.8, 4) is 0 Å². The van der Waals surface area contributed by atoms with Crippen LogP contribution in [0.3, 0.4) is 0 Å². The van der Waals surface area contributed by atoms with Gasteiger partial charge in [-0.25, -0.2) is 4.39 Å². The summed E-state index contributed by atoms with van der Waals surface area (Å²) >= 11 is 0. The van der Waals surface area contributed by atoms with Crippen LogP contribution in [0.4, 0.5) is 10.1 Å². The third-order valence-electron chi connectivity index (χ3n) is 4.48. The Morgan fingerprint density at radius 1 is 1.22 bits per heavy atom. The summed E-state index contributed by atoms with van der Waals surface area (Å²) in [6.45, 7) is 0.638. The van der Waals surface area contributed by atoms with Crippen LogP contribution in [0.5, 0.6) is 0 Å². The van der Waals surface area contributed by atoms with E-state index in [0.717, 1.165) is 18.4 Å². The van der Waals surface area contributed by atoms with Gasteiger partial charge < -0.3 is 16.0 Å². The molecule has 3 N–H and O–H groups in total. The van der Waals surface area contributed by atoms with E-state index in [2.05, 4.69) is 25.9 Å². The van der Waals surface area contributed by atoms with Crippen LogP contribution in [0.1, 0.15) is 18.4 Å².